The number of aldehydes is 1. The summed E-state index contributed by atoms with van der Waals surface area (Å²) in [5.41, 5.74) is 2.88. The first-order chi connectivity index (χ1) is 11.1. The highest BCUT2D eigenvalue weighted by atomic mass is 16.5. The molecular weight excluding hydrogens is 288 g/mol. The second-order valence-corrected chi connectivity index (χ2v) is 8.00. The van der Waals surface area contributed by atoms with Gasteiger partial charge in [0.2, 0.25) is 0 Å². The molecule has 1 aromatic rings. The third-order valence-electron chi connectivity index (χ3n) is 7.26. The van der Waals surface area contributed by atoms with Crippen molar-refractivity contribution >= 4 is 6.29 Å². The molecule has 3 nitrogen and oxygen atoms in total. The Morgan fingerprint density at radius 1 is 1.26 bits per heavy atom. The van der Waals surface area contributed by atoms with E-state index in [2.05, 4.69) is 13.0 Å². The Morgan fingerprint density at radius 2 is 2.09 bits per heavy atom. The van der Waals surface area contributed by atoms with Crippen LogP contribution in [-0.2, 0) is 11.2 Å². The Kier molecular flexibility index (Phi) is 3.44. The summed E-state index contributed by atoms with van der Waals surface area (Å²) in [5, 5.41) is 10.1. The minimum Gasteiger partial charge on any atom is -0.504 e. The van der Waals surface area contributed by atoms with Gasteiger partial charge in [-0.3, -0.25) is 0 Å². The number of methoxy groups -OCH3 is 1. The molecule has 0 heterocycles. The van der Waals surface area contributed by atoms with Crippen LogP contribution in [0.1, 0.15) is 56.1 Å². The first kappa shape index (κ1) is 15.0. The molecular formula is C20H26O3. The Hall–Kier alpha value is -1.51. The number of carbonyl (C=O) groups is 1. The summed E-state index contributed by atoms with van der Waals surface area (Å²) in [6, 6.07) is 3.97. The Bertz CT molecular complexity index is 638. The molecule has 0 saturated heterocycles. The van der Waals surface area contributed by atoms with E-state index in [-0.39, 0.29) is 17.1 Å². The van der Waals surface area contributed by atoms with Crippen molar-refractivity contribution < 1.29 is 14.6 Å². The fourth-order valence-electron chi connectivity index (χ4n) is 6.02. The van der Waals surface area contributed by atoms with Crippen LogP contribution in [0.3, 0.4) is 0 Å². The van der Waals surface area contributed by atoms with E-state index in [9.17, 15) is 9.90 Å². The van der Waals surface area contributed by atoms with Gasteiger partial charge in [-0.1, -0.05) is 6.92 Å². The average Bonchev–Trinajstić information content (AvgIpc) is 2.90. The van der Waals surface area contributed by atoms with Crippen molar-refractivity contribution in [3.8, 4) is 11.5 Å². The van der Waals surface area contributed by atoms with Gasteiger partial charge in [-0.05, 0) is 85.0 Å². The van der Waals surface area contributed by atoms with Crippen LogP contribution in [0.25, 0.3) is 0 Å². The number of phenolic OH excluding ortho intramolecular Hbond substituents is 1. The molecule has 4 rings (SSSR count). The number of carbonyl (C=O) groups excluding carboxylic acids is 1. The number of fused-ring (bicyclic) bond motifs is 5. The highest BCUT2D eigenvalue weighted by Gasteiger charge is 2.54. The van der Waals surface area contributed by atoms with E-state index in [1.165, 1.54) is 30.3 Å². The fourth-order valence-corrected chi connectivity index (χ4v) is 6.02. The smallest absolute Gasteiger partial charge is 0.160 e. The van der Waals surface area contributed by atoms with E-state index in [4.69, 9.17) is 4.74 Å². The molecule has 1 aromatic carbocycles. The molecule has 0 aromatic heterocycles. The molecule has 0 aliphatic heterocycles. The van der Waals surface area contributed by atoms with Gasteiger partial charge >= 0.3 is 0 Å². The predicted molar refractivity (Wildman–Crippen MR) is 88.8 cm³/mol. The van der Waals surface area contributed by atoms with Gasteiger partial charge in [0, 0.05) is 5.92 Å². The zero-order chi connectivity index (χ0) is 16.2. The lowest BCUT2D eigenvalue weighted by molar-refractivity contribution is -0.115. The number of aryl methyl sites for hydroxylation is 1. The third-order valence-corrected chi connectivity index (χ3v) is 7.26. The standard InChI is InChI=1S/C20H26O3/c1-20-8-7-14-15(17(20)6-4-13(20)11-21)5-3-12-9-18(22)19(23-2)10-16(12)14/h9-11,13-15,17,22H,3-8H2,1-2H3/t13-,14+,15-,17+,20-/m1/s1. The van der Waals surface area contributed by atoms with Gasteiger partial charge < -0.3 is 14.6 Å². The molecule has 0 spiro atoms. The van der Waals surface area contributed by atoms with Crippen LogP contribution >= 0.6 is 0 Å². The maximum Gasteiger partial charge on any atom is 0.160 e. The molecule has 3 heteroatoms. The van der Waals surface area contributed by atoms with Gasteiger partial charge in [0.05, 0.1) is 7.11 Å². The zero-order valence-electron chi connectivity index (χ0n) is 14.0. The number of rotatable bonds is 2. The molecule has 1 N–H and O–H groups in total. The molecule has 3 aliphatic rings. The highest BCUT2D eigenvalue weighted by molar-refractivity contribution is 5.56. The largest absolute Gasteiger partial charge is 0.504 e. The van der Waals surface area contributed by atoms with E-state index in [1.807, 2.05) is 6.07 Å². The number of benzene rings is 1. The lowest BCUT2D eigenvalue weighted by atomic mass is 9.54. The number of phenols is 1. The van der Waals surface area contributed by atoms with Crippen molar-refractivity contribution in [2.24, 2.45) is 23.2 Å². The van der Waals surface area contributed by atoms with E-state index >= 15 is 0 Å². The maximum absolute atomic E-state index is 11.5. The molecule has 0 amide bonds. The first-order valence-electron chi connectivity index (χ1n) is 8.93. The van der Waals surface area contributed by atoms with Crippen molar-refractivity contribution in [2.75, 3.05) is 7.11 Å². The number of aromatic hydroxyl groups is 1. The molecule has 23 heavy (non-hydrogen) atoms. The molecule has 3 aliphatic carbocycles. The summed E-state index contributed by atoms with van der Waals surface area (Å²) in [6.45, 7) is 2.35. The molecule has 5 atom stereocenters. The number of hydrogen-bond donors (Lipinski definition) is 1. The molecule has 124 valence electrons. The van der Waals surface area contributed by atoms with E-state index < -0.39 is 0 Å². The van der Waals surface area contributed by atoms with Gasteiger partial charge in [0.25, 0.3) is 0 Å². The topological polar surface area (TPSA) is 46.5 Å². The Morgan fingerprint density at radius 3 is 2.83 bits per heavy atom. The lowest BCUT2D eigenvalue weighted by Crippen LogP contribution is -2.42. The minimum atomic E-state index is 0.210. The van der Waals surface area contributed by atoms with Crippen LogP contribution in [-0.4, -0.2) is 18.5 Å². The summed E-state index contributed by atoms with van der Waals surface area (Å²) >= 11 is 0. The van der Waals surface area contributed by atoms with Crippen molar-refractivity contribution in [1.29, 1.82) is 0 Å². The van der Waals surface area contributed by atoms with Crippen LogP contribution in [0.2, 0.25) is 0 Å². The summed E-state index contributed by atoms with van der Waals surface area (Å²) in [6.07, 6.45) is 8.01. The number of ether oxygens (including phenoxy) is 1. The van der Waals surface area contributed by atoms with Gasteiger partial charge in [-0.25, -0.2) is 0 Å². The van der Waals surface area contributed by atoms with E-state index in [0.717, 1.165) is 25.7 Å². The minimum absolute atomic E-state index is 0.210. The van der Waals surface area contributed by atoms with Crippen LogP contribution in [0.4, 0.5) is 0 Å². The molecule has 2 saturated carbocycles. The summed E-state index contributed by atoms with van der Waals surface area (Å²) < 4.78 is 5.34. The first-order valence-corrected chi connectivity index (χ1v) is 8.93. The molecule has 2 fully saturated rings. The Labute approximate surface area is 138 Å². The van der Waals surface area contributed by atoms with Gasteiger partial charge in [0.15, 0.2) is 11.5 Å². The van der Waals surface area contributed by atoms with Crippen LogP contribution in [0.15, 0.2) is 12.1 Å². The fraction of sp³-hybridized carbons (Fsp3) is 0.650. The molecule has 0 bridgehead atoms. The van der Waals surface area contributed by atoms with Crippen molar-refractivity contribution in [2.45, 2.75) is 51.4 Å². The summed E-state index contributed by atoms with van der Waals surface area (Å²) in [7, 11) is 1.62. The SMILES string of the molecule is COc1cc2c(cc1O)CC[C@@H]1[C@@H]2CC[C@]2(C)[C@@H](C=O)CC[C@@H]12. The van der Waals surface area contributed by atoms with E-state index in [0.29, 0.717) is 23.5 Å². The van der Waals surface area contributed by atoms with Crippen molar-refractivity contribution in [1.82, 2.24) is 0 Å². The maximum atomic E-state index is 11.5. The van der Waals surface area contributed by atoms with Gasteiger partial charge in [-0.15, -0.1) is 0 Å². The van der Waals surface area contributed by atoms with Crippen molar-refractivity contribution in [3.05, 3.63) is 23.3 Å². The summed E-state index contributed by atoms with van der Waals surface area (Å²) in [5.74, 6) is 3.02. The van der Waals surface area contributed by atoms with Crippen LogP contribution in [0.5, 0.6) is 11.5 Å². The van der Waals surface area contributed by atoms with Crippen LogP contribution in [0, 0.1) is 23.2 Å². The highest BCUT2D eigenvalue weighted by Crippen LogP contribution is 2.62. The van der Waals surface area contributed by atoms with Crippen molar-refractivity contribution in [3.63, 3.8) is 0 Å². The monoisotopic (exact) mass is 314 g/mol. The average molecular weight is 314 g/mol. The van der Waals surface area contributed by atoms with Gasteiger partial charge in [-0.2, -0.15) is 0 Å². The zero-order valence-corrected chi connectivity index (χ0v) is 14.0. The van der Waals surface area contributed by atoms with Crippen LogP contribution < -0.4 is 4.74 Å². The second kappa shape index (κ2) is 5.25. The third kappa shape index (κ3) is 2.05. The predicted octanol–water partition coefficient (Wildman–Crippen LogP) is 4.07. The quantitative estimate of drug-likeness (QED) is 0.837. The normalized spacial score (nSPS) is 38.3. The van der Waals surface area contributed by atoms with E-state index in [1.54, 1.807) is 7.11 Å². The number of hydrogen-bond acceptors (Lipinski definition) is 3. The molecule has 0 radical (unpaired) electrons. The van der Waals surface area contributed by atoms with Gasteiger partial charge in [0.1, 0.15) is 6.29 Å². The molecule has 0 unspecified atom stereocenters. The Balaban J connectivity index is 1.71. The summed E-state index contributed by atoms with van der Waals surface area (Å²) in [4.78, 5) is 11.5. The second-order valence-electron chi connectivity index (χ2n) is 8.00. The lowest BCUT2D eigenvalue weighted by Gasteiger charge is -2.50.